The van der Waals surface area contributed by atoms with Crippen molar-refractivity contribution in [1.29, 1.82) is 0 Å². The third kappa shape index (κ3) is 1.22. The Morgan fingerprint density at radius 2 is 2.15 bits per heavy atom. The van der Waals surface area contributed by atoms with Gasteiger partial charge in [0.15, 0.2) is 11.6 Å². The van der Waals surface area contributed by atoms with Crippen molar-refractivity contribution < 1.29 is 9.13 Å². The molecule has 0 amide bonds. The van der Waals surface area contributed by atoms with E-state index in [9.17, 15) is 4.39 Å². The smallest absolute Gasteiger partial charge is 0.174 e. The molecule has 0 radical (unpaired) electrons. The van der Waals surface area contributed by atoms with Gasteiger partial charge in [0.05, 0.1) is 12.6 Å². The number of pyridine rings is 1. The van der Waals surface area contributed by atoms with Gasteiger partial charge in [0.2, 0.25) is 0 Å². The van der Waals surface area contributed by atoms with Crippen LogP contribution in [-0.4, -0.2) is 12.1 Å². The Morgan fingerprint density at radius 3 is 2.92 bits per heavy atom. The van der Waals surface area contributed by atoms with E-state index in [0.717, 1.165) is 0 Å². The summed E-state index contributed by atoms with van der Waals surface area (Å²) in [5.41, 5.74) is 0.640. The first-order chi connectivity index (χ1) is 6.33. The van der Waals surface area contributed by atoms with Gasteiger partial charge in [0.1, 0.15) is 0 Å². The highest BCUT2D eigenvalue weighted by Crippen LogP contribution is 2.24. The normalized spacial score (nSPS) is 10.3. The van der Waals surface area contributed by atoms with Gasteiger partial charge in [-0.3, -0.25) is 4.98 Å². The maximum absolute atomic E-state index is 13.5. The Bertz CT molecular complexity index is 442. The van der Waals surface area contributed by atoms with Gasteiger partial charge in [0.25, 0.3) is 0 Å². The molecule has 0 saturated carbocycles. The largest absolute Gasteiger partial charge is 0.494 e. The maximum atomic E-state index is 13.5. The molecule has 0 saturated heterocycles. The van der Waals surface area contributed by atoms with Crippen molar-refractivity contribution in [2.75, 3.05) is 7.11 Å². The van der Waals surface area contributed by atoms with Crippen LogP contribution in [0.5, 0.6) is 5.75 Å². The van der Waals surface area contributed by atoms with Gasteiger partial charge < -0.3 is 4.74 Å². The van der Waals surface area contributed by atoms with Crippen LogP contribution in [-0.2, 0) is 0 Å². The monoisotopic (exact) mass is 177 g/mol. The number of nitrogens with zero attached hydrogens (tertiary/aromatic N) is 1. The average Bonchev–Trinajstić information content (AvgIpc) is 2.19. The summed E-state index contributed by atoms with van der Waals surface area (Å²) in [5, 5.41) is 0.488. The molecule has 1 heterocycles. The van der Waals surface area contributed by atoms with E-state index in [0.29, 0.717) is 10.9 Å². The number of benzene rings is 1. The molecule has 66 valence electrons. The highest BCUT2D eigenvalue weighted by Gasteiger charge is 2.06. The summed E-state index contributed by atoms with van der Waals surface area (Å²) in [6.45, 7) is 0. The second-order valence-electron chi connectivity index (χ2n) is 2.65. The van der Waals surface area contributed by atoms with Crippen LogP contribution in [0.1, 0.15) is 0 Å². The predicted molar refractivity (Wildman–Crippen MR) is 48.3 cm³/mol. The molecular formula is C10H8FNO. The number of ether oxygens (including phenoxy) is 1. The maximum Gasteiger partial charge on any atom is 0.174 e. The highest BCUT2D eigenvalue weighted by molar-refractivity contribution is 5.80. The average molecular weight is 177 g/mol. The summed E-state index contributed by atoms with van der Waals surface area (Å²) >= 11 is 0. The molecular weight excluding hydrogens is 169 g/mol. The molecule has 0 fully saturated rings. The number of rotatable bonds is 1. The van der Waals surface area contributed by atoms with Crippen LogP contribution in [0.3, 0.4) is 0 Å². The lowest BCUT2D eigenvalue weighted by atomic mass is 10.2. The first-order valence-corrected chi connectivity index (χ1v) is 3.90. The van der Waals surface area contributed by atoms with E-state index < -0.39 is 0 Å². The number of halogens is 1. The van der Waals surface area contributed by atoms with Crippen LogP contribution in [0.4, 0.5) is 4.39 Å². The standard InChI is InChI=1S/C10H8FNO/c1-13-9-5-4-8-7(10(9)11)3-2-6-12-8/h2-6H,1H3. The molecule has 3 heteroatoms. The zero-order valence-electron chi connectivity index (χ0n) is 7.12. The lowest BCUT2D eigenvalue weighted by Gasteiger charge is -2.03. The fourth-order valence-corrected chi connectivity index (χ4v) is 1.25. The number of fused-ring (bicyclic) bond motifs is 1. The zero-order chi connectivity index (χ0) is 9.26. The molecule has 0 spiro atoms. The van der Waals surface area contributed by atoms with Gasteiger partial charge >= 0.3 is 0 Å². The van der Waals surface area contributed by atoms with Crippen LogP contribution in [0.25, 0.3) is 10.9 Å². The van der Waals surface area contributed by atoms with E-state index in [-0.39, 0.29) is 11.6 Å². The Hall–Kier alpha value is -1.64. The quantitative estimate of drug-likeness (QED) is 0.667. The molecule has 0 unspecified atom stereocenters. The lowest BCUT2D eigenvalue weighted by molar-refractivity contribution is 0.389. The van der Waals surface area contributed by atoms with E-state index in [1.54, 1.807) is 30.5 Å². The molecule has 1 aromatic carbocycles. The molecule has 0 N–H and O–H groups in total. The van der Waals surface area contributed by atoms with Crippen LogP contribution in [0.15, 0.2) is 30.5 Å². The van der Waals surface area contributed by atoms with Crippen molar-refractivity contribution in [3.63, 3.8) is 0 Å². The van der Waals surface area contributed by atoms with Crippen LogP contribution >= 0.6 is 0 Å². The van der Waals surface area contributed by atoms with Crippen molar-refractivity contribution in [1.82, 2.24) is 4.98 Å². The van der Waals surface area contributed by atoms with Crippen molar-refractivity contribution in [3.05, 3.63) is 36.3 Å². The van der Waals surface area contributed by atoms with E-state index >= 15 is 0 Å². The third-order valence-corrected chi connectivity index (χ3v) is 1.90. The topological polar surface area (TPSA) is 22.1 Å². The Kier molecular flexibility index (Phi) is 1.85. The second kappa shape index (κ2) is 3.01. The van der Waals surface area contributed by atoms with Crippen molar-refractivity contribution in [2.45, 2.75) is 0 Å². The molecule has 0 aliphatic heterocycles. The van der Waals surface area contributed by atoms with E-state index in [1.807, 2.05) is 0 Å². The molecule has 2 nitrogen and oxygen atoms in total. The van der Waals surface area contributed by atoms with Crippen LogP contribution in [0.2, 0.25) is 0 Å². The van der Waals surface area contributed by atoms with Gasteiger partial charge in [-0.2, -0.15) is 0 Å². The Labute approximate surface area is 75.0 Å². The molecule has 0 aliphatic rings. The SMILES string of the molecule is COc1ccc2ncccc2c1F. The Morgan fingerprint density at radius 1 is 1.31 bits per heavy atom. The first-order valence-electron chi connectivity index (χ1n) is 3.90. The minimum atomic E-state index is -0.354. The van der Waals surface area contributed by atoms with Gasteiger partial charge in [0, 0.05) is 11.6 Å². The predicted octanol–water partition coefficient (Wildman–Crippen LogP) is 2.38. The van der Waals surface area contributed by atoms with E-state index in [1.165, 1.54) is 7.11 Å². The van der Waals surface area contributed by atoms with Gasteiger partial charge in [-0.05, 0) is 24.3 Å². The van der Waals surface area contributed by atoms with Crippen LogP contribution < -0.4 is 4.74 Å². The Balaban J connectivity index is 2.79. The number of aromatic nitrogens is 1. The van der Waals surface area contributed by atoms with Crippen molar-refractivity contribution >= 4 is 10.9 Å². The lowest BCUT2D eigenvalue weighted by Crippen LogP contribution is -1.89. The summed E-state index contributed by atoms with van der Waals surface area (Å²) in [4.78, 5) is 4.02. The highest BCUT2D eigenvalue weighted by atomic mass is 19.1. The van der Waals surface area contributed by atoms with Gasteiger partial charge in [-0.15, -0.1) is 0 Å². The minimum absolute atomic E-state index is 0.250. The van der Waals surface area contributed by atoms with Gasteiger partial charge in [-0.1, -0.05) is 0 Å². The molecule has 13 heavy (non-hydrogen) atoms. The fraction of sp³-hybridized carbons (Fsp3) is 0.100. The zero-order valence-corrected chi connectivity index (χ0v) is 7.12. The van der Waals surface area contributed by atoms with Crippen molar-refractivity contribution in [2.24, 2.45) is 0 Å². The van der Waals surface area contributed by atoms with E-state index in [4.69, 9.17) is 4.74 Å². The summed E-state index contributed by atoms with van der Waals surface area (Å²) in [5.74, 6) is -0.103. The summed E-state index contributed by atoms with van der Waals surface area (Å²) < 4.78 is 18.4. The molecule has 2 rings (SSSR count). The minimum Gasteiger partial charge on any atom is -0.494 e. The summed E-state index contributed by atoms with van der Waals surface area (Å²) in [6, 6.07) is 6.69. The summed E-state index contributed by atoms with van der Waals surface area (Å²) in [7, 11) is 1.45. The van der Waals surface area contributed by atoms with Gasteiger partial charge in [-0.25, -0.2) is 4.39 Å². The number of hydrogen-bond donors (Lipinski definition) is 0. The van der Waals surface area contributed by atoms with Crippen molar-refractivity contribution in [3.8, 4) is 5.75 Å². The molecule has 0 bridgehead atoms. The fourth-order valence-electron chi connectivity index (χ4n) is 1.25. The molecule has 0 atom stereocenters. The second-order valence-corrected chi connectivity index (χ2v) is 2.65. The van der Waals surface area contributed by atoms with Crippen LogP contribution in [0, 0.1) is 5.82 Å². The third-order valence-electron chi connectivity index (χ3n) is 1.90. The molecule has 0 aliphatic carbocycles. The molecule has 1 aromatic heterocycles. The number of methoxy groups -OCH3 is 1. The van der Waals surface area contributed by atoms with E-state index in [2.05, 4.69) is 4.98 Å². The number of hydrogen-bond acceptors (Lipinski definition) is 2. The molecule has 2 aromatic rings. The first kappa shape index (κ1) is 7.98. The summed E-state index contributed by atoms with van der Waals surface area (Å²) in [6.07, 6.45) is 1.63.